The van der Waals surface area contributed by atoms with Gasteiger partial charge in [0.15, 0.2) is 0 Å². The predicted molar refractivity (Wildman–Crippen MR) is 131 cm³/mol. The van der Waals surface area contributed by atoms with Gasteiger partial charge in [0.1, 0.15) is 12.4 Å². The van der Waals surface area contributed by atoms with Crippen molar-refractivity contribution in [3.8, 4) is 5.75 Å². The van der Waals surface area contributed by atoms with Gasteiger partial charge in [-0.1, -0.05) is 0 Å². The zero-order valence-corrected chi connectivity index (χ0v) is 21.2. The van der Waals surface area contributed by atoms with Gasteiger partial charge in [-0.25, -0.2) is 0 Å². The van der Waals surface area contributed by atoms with E-state index in [0.717, 1.165) is 44.3 Å². The lowest BCUT2D eigenvalue weighted by atomic mass is 9.98. The topological polar surface area (TPSA) is 106 Å². The minimum atomic E-state index is -1.61. The summed E-state index contributed by atoms with van der Waals surface area (Å²) < 4.78 is 16.3. The van der Waals surface area contributed by atoms with E-state index in [-0.39, 0.29) is 30.5 Å². The zero-order chi connectivity index (χ0) is 24.9. The van der Waals surface area contributed by atoms with Gasteiger partial charge in [0.2, 0.25) is 0 Å². The Morgan fingerprint density at radius 3 is 2.71 bits per heavy atom. The summed E-state index contributed by atoms with van der Waals surface area (Å²) in [7, 11) is 3.14. The molecule has 0 saturated carbocycles. The smallest absolute Gasteiger partial charge is 0.289 e. The molecule has 34 heavy (non-hydrogen) atoms. The molecule has 2 atom stereocenters. The lowest BCUT2D eigenvalue weighted by Crippen LogP contribution is -2.64. The lowest BCUT2D eigenvalue weighted by molar-refractivity contribution is -0.140. The molecule has 2 aliphatic rings. The first-order chi connectivity index (χ1) is 16.2. The van der Waals surface area contributed by atoms with Crippen molar-refractivity contribution in [2.75, 3.05) is 52.0 Å². The summed E-state index contributed by atoms with van der Waals surface area (Å²) in [4.78, 5) is 30.8. The number of benzene rings is 1. The average molecular weight is 477 g/mol. The van der Waals surface area contributed by atoms with E-state index < -0.39 is 5.72 Å². The normalized spacial score (nSPS) is 22.5. The monoisotopic (exact) mass is 476 g/mol. The van der Waals surface area contributed by atoms with Crippen LogP contribution in [0.5, 0.6) is 5.75 Å². The van der Waals surface area contributed by atoms with Crippen LogP contribution in [0, 0.1) is 6.92 Å². The molecule has 1 saturated heterocycles. The van der Waals surface area contributed by atoms with Gasteiger partial charge < -0.3 is 29.3 Å². The maximum Gasteiger partial charge on any atom is 0.289 e. The highest BCUT2D eigenvalue weighted by atomic mass is 16.6. The van der Waals surface area contributed by atoms with E-state index in [4.69, 9.17) is 19.9 Å². The van der Waals surface area contributed by atoms with Crippen molar-refractivity contribution in [2.45, 2.75) is 64.3 Å². The third-order valence-corrected chi connectivity index (χ3v) is 6.52. The summed E-state index contributed by atoms with van der Waals surface area (Å²) in [5, 5.41) is 3.41. The van der Waals surface area contributed by atoms with E-state index >= 15 is 0 Å². The molecule has 2 amide bonds. The van der Waals surface area contributed by atoms with Gasteiger partial charge in [-0.05, 0) is 70.7 Å². The molecule has 1 fully saturated rings. The quantitative estimate of drug-likeness (QED) is 0.498. The zero-order valence-electron chi connectivity index (χ0n) is 21.2. The summed E-state index contributed by atoms with van der Waals surface area (Å²) in [6.45, 7) is 8.72. The summed E-state index contributed by atoms with van der Waals surface area (Å²) >= 11 is 0. The Balaban J connectivity index is 1.98. The number of ether oxygens (including phenoxy) is 3. The minimum absolute atomic E-state index is 0.0303. The van der Waals surface area contributed by atoms with E-state index in [9.17, 15) is 9.59 Å². The van der Waals surface area contributed by atoms with Crippen LogP contribution in [0.25, 0.3) is 0 Å². The highest BCUT2D eigenvalue weighted by Gasteiger charge is 2.46. The Morgan fingerprint density at radius 1 is 1.32 bits per heavy atom. The fraction of sp³-hybridized carbons (Fsp3) is 0.680. The standard InChI is InChI=1S/C25H40N4O5/c1-17(2)29(19-9-8-10-27-15-19)23(30)20-14-21-22(13-18(20)3)34-25(26,16-33-5)24(31)28(21)11-6-7-12-32-4/h13-14,17,19,27H,6-12,15-16,26H2,1-5H3/t19-,25+/m1/s1. The first-order valence-electron chi connectivity index (χ1n) is 12.2. The SMILES string of the molecule is COCCCCN1C(=O)[C@](N)(COC)Oc2cc(C)c(C(=O)N(C(C)C)[C@@H]3CCCNC3)cc21. The van der Waals surface area contributed by atoms with Crippen molar-refractivity contribution in [3.63, 3.8) is 0 Å². The Bertz CT molecular complexity index is 871. The summed E-state index contributed by atoms with van der Waals surface area (Å²) in [6.07, 6.45) is 3.54. The number of methoxy groups -OCH3 is 2. The Kier molecular flexibility index (Phi) is 8.92. The summed E-state index contributed by atoms with van der Waals surface area (Å²) in [6, 6.07) is 3.79. The van der Waals surface area contributed by atoms with Gasteiger partial charge in [-0.3, -0.25) is 15.3 Å². The third kappa shape index (κ3) is 5.54. The molecular formula is C25H40N4O5. The molecule has 3 N–H and O–H groups in total. The van der Waals surface area contributed by atoms with E-state index in [0.29, 0.717) is 30.2 Å². The van der Waals surface area contributed by atoms with Crippen molar-refractivity contribution in [3.05, 3.63) is 23.3 Å². The molecule has 9 nitrogen and oxygen atoms in total. The second-order valence-electron chi connectivity index (χ2n) is 9.52. The molecule has 1 aromatic carbocycles. The van der Waals surface area contributed by atoms with Crippen LogP contribution in [0.1, 0.15) is 55.5 Å². The van der Waals surface area contributed by atoms with Crippen molar-refractivity contribution >= 4 is 17.5 Å². The molecule has 0 unspecified atom stereocenters. The van der Waals surface area contributed by atoms with E-state index in [1.165, 1.54) is 7.11 Å². The van der Waals surface area contributed by atoms with Crippen LogP contribution in [0.2, 0.25) is 0 Å². The molecule has 2 heterocycles. The van der Waals surface area contributed by atoms with Crippen LogP contribution in [0.4, 0.5) is 5.69 Å². The van der Waals surface area contributed by atoms with Crippen molar-refractivity contribution in [2.24, 2.45) is 5.73 Å². The number of hydrogen-bond acceptors (Lipinski definition) is 7. The fourth-order valence-corrected chi connectivity index (χ4v) is 4.85. The summed E-state index contributed by atoms with van der Waals surface area (Å²) in [5.74, 6) is 0.0753. The number of aryl methyl sites for hydroxylation is 1. The second kappa shape index (κ2) is 11.5. The van der Waals surface area contributed by atoms with Gasteiger partial charge in [-0.15, -0.1) is 0 Å². The number of carbonyl (C=O) groups excluding carboxylic acids is 2. The minimum Gasteiger partial charge on any atom is -0.459 e. The van der Waals surface area contributed by atoms with Gasteiger partial charge >= 0.3 is 0 Å². The van der Waals surface area contributed by atoms with Crippen molar-refractivity contribution < 1.29 is 23.8 Å². The molecule has 9 heteroatoms. The number of nitrogens with zero attached hydrogens (tertiary/aromatic N) is 2. The first kappa shape index (κ1) is 26.4. The molecule has 0 spiro atoms. The van der Waals surface area contributed by atoms with Gasteiger partial charge in [0, 0.05) is 51.6 Å². The molecule has 190 valence electrons. The predicted octanol–water partition coefficient (Wildman–Crippen LogP) is 2.05. The van der Waals surface area contributed by atoms with Gasteiger partial charge in [0.05, 0.1) is 5.69 Å². The van der Waals surface area contributed by atoms with Gasteiger partial charge in [-0.2, -0.15) is 0 Å². The van der Waals surface area contributed by atoms with E-state index in [1.54, 1.807) is 18.1 Å². The third-order valence-electron chi connectivity index (χ3n) is 6.52. The van der Waals surface area contributed by atoms with E-state index in [1.807, 2.05) is 31.7 Å². The molecule has 0 aliphatic carbocycles. The maximum absolute atomic E-state index is 13.8. The van der Waals surface area contributed by atoms with Crippen molar-refractivity contribution in [1.29, 1.82) is 0 Å². The Hall–Kier alpha value is -2.20. The number of amides is 2. The lowest BCUT2D eigenvalue weighted by Gasteiger charge is -2.41. The Morgan fingerprint density at radius 2 is 2.09 bits per heavy atom. The summed E-state index contributed by atoms with van der Waals surface area (Å²) in [5.41, 5.74) is 6.65. The fourth-order valence-electron chi connectivity index (χ4n) is 4.85. The van der Waals surface area contributed by atoms with E-state index in [2.05, 4.69) is 5.32 Å². The highest BCUT2D eigenvalue weighted by molar-refractivity contribution is 6.05. The number of anilines is 1. The molecule has 3 rings (SSSR count). The number of hydrogen-bond donors (Lipinski definition) is 2. The average Bonchev–Trinajstić information content (AvgIpc) is 2.79. The number of nitrogens with one attached hydrogen (secondary N) is 1. The first-order valence-corrected chi connectivity index (χ1v) is 12.2. The van der Waals surface area contributed by atoms with Crippen LogP contribution in [-0.2, 0) is 14.3 Å². The molecule has 0 aromatic heterocycles. The molecule has 0 bridgehead atoms. The number of unbranched alkanes of at least 4 members (excludes halogenated alkanes) is 1. The number of rotatable bonds is 10. The van der Waals surface area contributed by atoms with Crippen LogP contribution in [0.15, 0.2) is 12.1 Å². The maximum atomic E-state index is 13.8. The number of fused-ring (bicyclic) bond motifs is 1. The van der Waals surface area contributed by atoms with Crippen LogP contribution < -0.4 is 20.7 Å². The molecular weight excluding hydrogens is 436 g/mol. The van der Waals surface area contributed by atoms with Crippen LogP contribution >= 0.6 is 0 Å². The van der Waals surface area contributed by atoms with Crippen molar-refractivity contribution in [1.82, 2.24) is 10.2 Å². The largest absolute Gasteiger partial charge is 0.459 e. The van der Waals surface area contributed by atoms with Crippen LogP contribution in [0.3, 0.4) is 0 Å². The van der Waals surface area contributed by atoms with Gasteiger partial charge in [0.25, 0.3) is 17.5 Å². The van der Waals surface area contributed by atoms with Crippen LogP contribution in [-0.4, -0.2) is 81.6 Å². The second-order valence-corrected chi connectivity index (χ2v) is 9.52. The number of nitrogens with two attached hydrogens (primary N) is 1. The molecule has 2 aliphatic heterocycles. The highest BCUT2D eigenvalue weighted by Crippen LogP contribution is 2.39. The number of piperidine rings is 1. The molecule has 1 aromatic rings. The Labute approximate surface area is 202 Å². The molecule has 0 radical (unpaired) electrons. The number of carbonyl (C=O) groups is 2.